The molecule has 6 nitrogen and oxygen atoms in total. The van der Waals surface area contributed by atoms with Gasteiger partial charge in [0.25, 0.3) is 0 Å². The number of carbonyl (C=O) groups is 1. The quantitative estimate of drug-likeness (QED) is 0.586. The molecule has 0 aliphatic heterocycles. The van der Waals surface area contributed by atoms with Gasteiger partial charge in [-0.3, -0.25) is 9.71 Å². The minimum Gasteiger partial charge on any atom is -0.478 e. The molecule has 1 heterocycles. The molecule has 0 saturated heterocycles. The molecule has 0 atom stereocenters. The summed E-state index contributed by atoms with van der Waals surface area (Å²) in [6.07, 6.45) is 2.35. The second kappa shape index (κ2) is 3.85. The number of rotatable bonds is 3. The molecule has 0 spiro atoms. The van der Waals surface area contributed by atoms with Gasteiger partial charge in [0.2, 0.25) is 10.9 Å². The summed E-state index contributed by atoms with van der Waals surface area (Å²) in [6, 6.07) is 1.18. The molecule has 0 radical (unpaired) electrons. The highest BCUT2D eigenvalue weighted by Gasteiger charge is 2.03. The fourth-order valence-electron chi connectivity index (χ4n) is 0.723. The predicted octanol–water partition coefficient (Wildman–Crippen LogP) is -0.282. The third-order valence-electron chi connectivity index (χ3n) is 1.21. The Morgan fingerprint density at radius 1 is 1.46 bits per heavy atom. The molecule has 0 fully saturated rings. The number of aromatic carboxylic acids is 1. The Labute approximate surface area is 75.3 Å². The molecular weight excluding hydrogens is 196 g/mol. The highest BCUT2D eigenvalue weighted by Crippen LogP contribution is 2.07. The maximum Gasteiger partial charge on any atom is 0.337 e. The van der Waals surface area contributed by atoms with Crippen LogP contribution in [0.4, 0.5) is 5.69 Å². The molecule has 1 aromatic heterocycles. The maximum atomic E-state index is 10.4. The van der Waals surface area contributed by atoms with E-state index in [4.69, 9.17) is 5.11 Å². The fourth-order valence-corrected chi connectivity index (χ4v) is 1.06. The van der Waals surface area contributed by atoms with Crippen molar-refractivity contribution in [3.63, 3.8) is 0 Å². The van der Waals surface area contributed by atoms with Gasteiger partial charge in [0.05, 0.1) is 17.4 Å². The summed E-state index contributed by atoms with van der Waals surface area (Å²) in [5.74, 6) is -1.16. The van der Waals surface area contributed by atoms with E-state index in [-0.39, 0.29) is 11.3 Å². The molecule has 0 aliphatic rings. The average molecular weight is 202 g/mol. The zero-order valence-corrected chi connectivity index (χ0v) is 7.19. The highest BCUT2D eigenvalue weighted by molar-refractivity contribution is 7.73. The lowest BCUT2D eigenvalue weighted by Gasteiger charge is -1.98. The minimum absolute atomic E-state index is 0.0677. The molecule has 7 heteroatoms. The summed E-state index contributed by atoms with van der Waals surface area (Å²) >= 11 is 0. The van der Waals surface area contributed by atoms with Crippen molar-refractivity contribution in [2.45, 2.75) is 0 Å². The second-order valence-electron chi connectivity index (χ2n) is 2.14. The van der Waals surface area contributed by atoms with Crippen molar-refractivity contribution < 1.29 is 18.3 Å². The Hall–Kier alpha value is -1.63. The van der Waals surface area contributed by atoms with Crippen LogP contribution < -0.4 is 4.72 Å². The first-order valence-electron chi connectivity index (χ1n) is 3.19. The van der Waals surface area contributed by atoms with E-state index < -0.39 is 16.9 Å². The smallest absolute Gasteiger partial charge is 0.337 e. The second-order valence-corrected chi connectivity index (χ2v) is 2.87. The van der Waals surface area contributed by atoms with Gasteiger partial charge in [0.1, 0.15) is 0 Å². The van der Waals surface area contributed by atoms with Crippen molar-refractivity contribution in [1.29, 1.82) is 0 Å². The number of nitrogens with zero attached hydrogens (tertiary/aromatic N) is 1. The van der Waals surface area contributed by atoms with Crippen LogP contribution in [0.2, 0.25) is 0 Å². The van der Waals surface area contributed by atoms with Gasteiger partial charge >= 0.3 is 5.97 Å². The van der Waals surface area contributed by atoms with E-state index in [0.717, 1.165) is 6.20 Å². The minimum atomic E-state index is -2.79. The van der Waals surface area contributed by atoms with Crippen LogP contribution in [0, 0.1) is 0 Å². The Bertz CT molecular complexity index is 393. The molecule has 0 saturated carbocycles. The van der Waals surface area contributed by atoms with Gasteiger partial charge in [-0.1, -0.05) is 0 Å². The van der Waals surface area contributed by atoms with Gasteiger partial charge < -0.3 is 5.11 Å². The lowest BCUT2D eigenvalue weighted by atomic mass is 10.3. The topological polar surface area (TPSA) is 96.4 Å². The summed E-state index contributed by atoms with van der Waals surface area (Å²) in [5, 5.41) is 8.52. The first-order chi connectivity index (χ1) is 6.09. The lowest BCUT2D eigenvalue weighted by molar-refractivity contribution is 0.0696. The van der Waals surface area contributed by atoms with Crippen molar-refractivity contribution in [3.05, 3.63) is 24.0 Å². The van der Waals surface area contributed by atoms with Crippen LogP contribution in [-0.4, -0.2) is 24.5 Å². The molecule has 13 heavy (non-hydrogen) atoms. The zero-order chi connectivity index (χ0) is 9.84. The summed E-state index contributed by atoms with van der Waals surface area (Å²) in [7, 11) is -2.79. The van der Waals surface area contributed by atoms with E-state index in [1.54, 1.807) is 0 Å². The third kappa shape index (κ3) is 2.71. The summed E-state index contributed by atoms with van der Waals surface area (Å²) in [4.78, 5) is 14.0. The summed E-state index contributed by atoms with van der Waals surface area (Å²) < 4.78 is 22.4. The molecule has 0 amide bonds. The predicted molar refractivity (Wildman–Crippen MR) is 45.1 cm³/mol. The Morgan fingerprint density at radius 3 is 2.69 bits per heavy atom. The molecule has 70 valence electrons. The van der Waals surface area contributed by atoms with E-state index in [2.05, 4.69) is 4.98 Å². The fraction of sp³-hybridized carbons (Fsp3) is 0. The van der Waals surface area contributed by atoms with Crippen molar-refractivity contribution >= 4 is 22.5 Å². The zero-order valence-electron chi connectivity index (χ0n) is 6.30. The number of anilines is 1. The number of hydrogen-bond donors (Lipinski definition) is 3. The number of aromatic nitrogens is 1. The summed E-state index contributed by atoms with van der Waals surface area (Å²) in [6.45, 7) is 0. The van der Waals surface area contributed by atoms with Crippen molar-refractivity contribution in [2.24, 2.45) is 0 Å². The average Bonchev–Trinajstić information content (AvgIpc) is 2.03. The van der Waals surface area contributed by atoms with Gasteiger partial charge in [-0.2, -0.15) is 0 Å². The number of carboxylic acids is 1. The number of thiol groups is 1. The van der Waals surface area contributed by atoms with Gasteiger partial charge in [0, 0.05) is 6.20 Å². The van der Waals surface area contributed by atoms with Crippen LogP contribution in [0.15, 0.2) is 18.5 Å². The standard InChI is InChI=1S/C6H6N2O4S/c9-6(10)4-1-5(3-7-2-4)8-13(11)12/h1-3,13H,(H,9,10)(H,8,11,12). The SMILES string of the molecule is O=C(O)c1cncc(N[SH](=O)=O)c1. The number of hydrogen-bond acceptors (Lipinski definition) is 4. The van der Waals surface area contributed by atoms with E-state index >= 15 is 0 Å². The lowest BCUT2D eigenvalue weighted by Crippen LogP contribution is -2.00. The molecule has 1 aromatic rings. The molecule has 2 N–H and O–H groups in total. The van der Waals surface area contributed by atoms with Crippen LogP contribution in [0.3, 0.4) is 0 Å². The third-order valence-corrected chi connectivity index (χ3v) is 1.65. The van der Waals surface area contributed by atoms with E-state index in [9.17, 15) is 13.2 Å². The van der Waals surface area contributed by atoms with Crippen molar-refractivity contribution in [3.8, 4) is 0 Å². The van der Waals surface area contributed by atoms with Crippen molar-refractivity contribution in [1.82, 2.24) is 4.98 Å². The van der Waals surface area contributed by atoms with Gasteiger partial charge in [-0.15, -0.1) is 0 Å². The van der Waals surface area contributed by atoms with Gasteiger partial charge in [-0.05, 0) is 6.07 Å². The normalized spacial score (nSPS) is 9.92. The monoisotopic (exact) mass is 202 g/mol. The highest BCUT2D eigenvalue weighted by atomic mass is 32.2. The van der Waals surface area contributed by atoms with Crippen LogP contribution in [0.25, 0.3) is 0 Å². The molecule has 0 unspecified atom stereocenters. The van der Waals surface area contributed by atoms with E-state index in [0.29, 0.717) is 0 Å². The summed E-state index contributed by atoms with van der Waals surface area (Å²) in [5.41, 5.74) is 0.0675. The first kappa shape index (κ1) is 9.46. The molecule has 0 aromatic carbocycles. The van der Waals surface area contributed by atoms with E-state index in [1.807, 2.05) is 4.72 Å². The van der Waals surface area contributed by atoms with Crippen LogP contribution in [0.5, 0.6) is 0 Å². The first-order valence-corrected chi connectivity index (χ1v) is 4.37. The maximum absolute atomic E-state index is 10.4. The Kier molecular flexibility index (Phi) is 2.80. The number of carboxylic acid groups (broad SMARTS) is 1. The van der Waals surface area contributed by atoms with Crippen LogP contribution >= 0.6 is 0 Å². The Balaban J connectivity index is 2.98. The molecule has 1 rings (SSSR count). The Morgan fingerprint density at radius 2 is 2.15 bits per heavy atom. The number of pyridine rings is 1. The molecule has 0 bridgehead atoms. The molecular formula is C6H6N2O4S. The number of nitrogens with one attached hydrogen (secondary N) is 1. The largest absolute Gasteiger partial charge is 0.478 e. The van der Waals surface area contributed by atoms with Gasteiger partial charge in [0.15, 0.2) is 0 Å². The molecule has 0 aliphatic carbocycles. The van der Waals surface area contributed by atoms with Crippen LogP contribution in [-0.2, 0) is 10.9 Å². The van der Waals surface area contributed by atoms with Gasteiger partial charge in [-0.25, -0.2) is 13.2 Å². The van der Waals surface area contributed by atoms with Crippen molar-refractivity contribution in [2.75, 3.05) is 4.72 Å². The van der Waals surface area contributed by atoms with Crippen LogP contribution in [0.1, 0.15) is 10.4 Å². The van der Waals surface area contributed by atoms with E-state index in [1.165, 1.54) is 12.3 Å².